The van der Waals surface area contributed by atoms with Crippen LogP contribution in [0, 0.1) is 23.2 Å². The average molecular weight is 297 g/mol. The third-order valence-corrected chi connectivity index (χ3v) is 3.96. The number of carbonyl (C=O) groups is 1. The number of unbranched alkanes of at least 4 members (excludes halogenated alkanes) is 1. The molecule has 123 valence electrons. The smallest absolute Gasteiger partial charge is 0.217 e. The van der Waals surface area contributed by atoms with Gasteiger partial charge in [0.2, 0.25) is 5.91 Å². The van der Waals surface area contributed by atoms with E-state index in [1.54, 1.807) is 0 Å². The van der Waals surface area contributed by atoms with E-state index in [2.05, 4.69) is 13.8 Å². The molecule has 0 aliphatic heterocycles. The van der Waals surface area contributed by atoms with Crippen molar-refractivity contribution in [2.75, 3.05) is 6.54 Å². The first-order chi connectivity index (χ1) is 9.86. The van der Waals surface area contributed by atoms with Crippen LogP contribution in [0.25, 0.3) is 0 Å². The predicted octanol–water partition coefficient (Wildman–Crippen LogP) is 2.33. The van der Waals surface area contributed by atoms with E-state index in [0.717, 1.165) is 45.1 Å². The molecule has 0 aromatic carbocycles. The monoisotopic (exact) mass is 297 g/mol. The molecular weight excluding hydrogens is 264 g/mol. The highest BCUT2D eigenvalue weighted by Gasteiger charge is 2.21. The number of amides is 1. The SMILES string of the molecule is C[C](CCCC(=N)N)C(CCCCN)CC(C)CC(N)=O. The third kappa shape index (κ3) is 11.3. The number of nitrogens with one attached hydrogen (secondary N) is 1. The second-order valence-corrected chi connectivity index (χ2v) is 6.22. The number of hydrogen-bond acceptors (Lipinski definition) is 3. The van der Waals surface area contributed by atoms with E-state index in [1.807, 2.05) is 0 Å². The fourth-order valence-electron chi connectivity index (χ4n) is 2.77. The molecule has 0 spiro atoms. The Bertz CT molecular complexity index is 307. The number of nitrogens with two attached hydrogens (primary N) is 3. The zero-order chi connectivity index (χ0) is 16.3. The van der Waals surface area contributed by atoms with E-state index < -0.39 is 0 Å². The number of rotatable bonds is 13. The second-order valence-electron chi connectivity index (χ2n) is 6.22. The summed E-state index contributed by atoms with van der Waals surface area (Å²) in [7, 11) is 0. The van der Waals surface area contributed by atoms with E-state index >= 15 is 0 Å². The molecule has 7 N–H and O–H groups in total. The van der Waals surface area contributed by atoms with Crippen LogP contribution >= 0.6 is 0 Å². The molecule has 1 radical (unpaired) electrons. The molecule has 0 rings (SSSR count). The van der Waals surface area contributed by atoms with E-state index in [9.17, 15) is 4.79 Å². The van der Waals surface area contributed by atoms with E-state index in [0.29, 0.717) is 24.7 Å². The summed E-state index contributed by atoms with van der Waals surface area (Å²) in [5.41, 5.74) is 16.2. The minimum atomic E-state index is -0.225. The average Bonchev–Trinajstić information content (AvgIpc) is 2.36. The fraction of sp³-hybridized carbons (Fsp3) is 0.812. The maximum Gasteiger partial charge on any atom is 0.217 e. The van der Waals surface area contributed by atoms with Gasteiger partial charge in [0.25, 0.3) is 0 Å². The molecule has 0 bridgehead atoms. The summed E-state index contributed by atoms with van der Waals surface area (Å²) in [4.78, 5) is 11.0. The van der Waals surface area contributed by atoms with Crippen molar-refractivity contribution >= 4 is 11.7 Å². The summed E-state index contributed by atoms with van der Waals surface area (Å²) in [6, 6.07) is 0. The molecule has 0 aliphatic carbocycles. The molecular formula is C16H33N4O. The molecule has 0 saturated heterocycles. The van der Waals surface area contributed by atoms with Crippen molar-refractivity contribution < 1.29 is 4.79 Å². The topological polar surface area (TPSA) is 119 Å². The molecule has 0 aliphatic rings. The Morgan fingerprint density at radius 3 is 2.33 bits per heavy atom. The van der Waals surface area contributed by atoms with Crippen molar-refractivity contribution in [1.29, 1.82) is 5.41 Å². The van der Waals surface area contributed by atoms with Crippen molar-refractivity contribution in [1.82, 2.24) is 0 Å². The van der Waals surface area contributed by atoms with Gasteiger partial charge in [0.1, 0.15) is 0 Å². The third-order valence-electron chi connectivity index (χ3n) is 3.96. The molecule has 0 aromatic heterocycles. The van der Waals surface area contributed by atoms with E-state index in [1.165, 1.54) is 5.92 Å². The molecule has 2 unspecified atom stereocenters. The summed E-state index contributed by atoms with van der Waals surface area (Å²) in [6.45, 7) is 5.00. The van der Waals surface area contributed by atoms with Crippen LogP contribution in [0.3, 0.4) is 0 Å². The quantitative estimate of drug-likeness (QED) is 0.237. The summed E-state index contributed by atoms with van der Waals surface area (Å²) < 4.78 is 0. The Morgan fingerprint density at radius 1 is 1.14 bits per heavy atom. The highest BCUT2D eigenvalue weighted by atomic mass is 16.1. The van der Waals surface area contributed by atoms with Crippen LogP contribution in [0.1, 0.15) is 65.2 Å². The van der Waals surface area contributed by atoms with Gasteiger partial charge in [0.15, 0.2) is 0 Å². The lowest BCUT2D eigenvalue weighted by atomic mass is 9.79. The molecule has 5 nitrogen and oxygen atoms in total. The van der Waals surface area contributed by atoms with Crippen LogP contribution in [0.2, 0.25) is 0 Å². The Kier molecular flexibility index (Phi) is 10.9. The summed E-state index contributed by atoms with van der Waals surface area (Å²) >= 11 is 0. The second kappa shape index (κ2) is 11.5. The van der Waals surface area contributed by atoms with Gasteiger partial charge < -0.3 is 17.2 Å². The van der Waals surface area contributed by atoms with Gasteiger partial charge in [0, 0.05) is 12.8 Å². The first-order valence-corrected chi connectivity index (χ1v) is 8.00. The number of carbonyl (C=O) groups excluding carboxylic acids is 1. The Hall–Kier alpha value is -1.10. The lowest BCUT2D eigenvalue weighted by molar-refractivity contribution is -0.118. The maximum absolute atomic E-state index is 11.0. The first-order valence-electron chi connectivity index (χ1n) is 8.00. The van der Waals surface area contributed by atoms with Crippen molar-refractivity contribution in [3.05, 3.63) is 5.92 Å². The molecule has 0 fully saturated rings. The molecule has 1 amide bonds. The standard InChI is InChI=1S/C16H33N4O/c1-12(11-16(20)21)10-14(7-3-4-9-17)13(2)6-5-8-15(18)19/h12,14H,3-11,17H2,1-2H3,(H3,18,19)(H2,20,21). The van der Waals surface area contributed by atoms with Crippen LogP contribution < -0.4 is 17.2 Å². The molecule has 2 atom stereocenters. The minimum absolute atomic E-state index is 0.225. The van der Waals surface area contributed by atoms with Crippen LogP contribution in [0.5, 0.6) is 0 Å². The van der Waals surface area contributed by atoms with Gasteiger partial charge in [-0.3, -0.25) is 10.2 Å². The van der Waals surface area contributed by atoms with Gasteiger partial charge >= 0.3 is 0 Å². The number of primary amides is 1. The highest BCUT2D eigenvalue weighted by molar-refractivity contribution is 5.76. The predicted molar refractivity (Wildman–Crippen MR) is 88.7 cm³/mol. The first kappa shape index (κ1) is 19.9. The zero-order valence-corrected chi connectivity index (χ0v) is 13.7. The van der Waals surface area contributed by atoms with Gasteiger partial charge in [-0.2, -0.15) is 0 Å². The van der Waals surface area contributed by atoms with Gasteiger partial charge in [-0.05, 0) is 56.4 Å². The minimum Gasteiger partial charge on any atom is -0.388 e. The van der Waals surface area contributed by atoms with Crippen LogP contribution in [0.15, 0.2) is 0 Å². The lowest BCUT2D eigenvalue weighted by Gasteiger charge is -2.26. The van der Waals surface area contributed by atoms with Crippen molar-refractivity contribution in [3.63, 3.8) is 0 Å². The van der Waals surface area contributed by atoms with Crippen molar-refractivity contribution in [2.24, 2.45) is 29.0 Å². The molecule has 0 aromatic rings. The number of amidine groups is 1. The molecule has 5 heteroatoms. The van der Waals surface area contributed by atoms with Gasteiger partial charge in [-0.1, -0.05) is 20.3 Å². The fourth-order valence-corrected chi connectivity index (χ4v) is 2.77. The van der Waals surface area contributed by atoms with Crippen molar-refractivity contribution in [3.8, 4) is 0 Å². The Labute approximate surface area is 129 Å². The Morgan fingerprint density at radius 2 is 1.81 bits per heavy atom. The van der Waals surface area contributed by atoms with Gasteiger partial charge in [0.05, 0.1) is 5.84 Å². The summed E-state index contributed by atoms with van der Waals surface area (Å²) in [5, 5.41) is 7.28. The van der Waals surface area contributed by atoms with Crippen LogP contribution in [-0.2, 0) is 4.79 Å². The maximum atomic E-state index is 11.0. The van der Waals surface area contributed by atoms with E-state index in [-0.39, 0.29) is 11.7 Å². The Balaban J connectivity index is 4.33. The van der Waals surface area contributed by atoms with Crippen molar-refractivity contribution in [2.45, 2.75) is 65.2 Å². The van der Waals surface area contributed by atoms with Gasteiger partial charge in [-0.15, -0.1) is 0 Å². The summed E-state index contributed by atoms with van der Waals surface area (Å²) in [6.07, 6.45) is 7.31. The zero-order valence-electron chi connectivity index (χ0n) is 13.7. The summed E-state index contributed by atoms with van der Waals surface area (Å²) in [5.74, 6) is 2.30. The molecule has 0 heterocycles. The normalized spacial score (nSPS) is 14.1. The molecule has 0 saturated carbocycles. The highest BCUT2D eigenvalue weighted by Crippen LogP contribution is 2.31. The lowest BCUT2D eigenvalue weighted by Crippen LogP contribution is -2.20. The largest absolute Gasteiger partial charge is 0.388 e. The number of hydrogen-bond donors (Lipinski definition) is 4. The van der Waals surface area contributed by atoms with E-state index in [4.69, 9.17) is 22.6 Å². The molecule has 21 heavy (non-hydrogen) atoms. The van der Waals surface area contributed by atoms with Crippen LogP contribution in [0.4, 0.5) is 0 Å². The van der Waals surface area contributed by atoms with Gasteiger partial charge in [-0.25, -0.2) is 0 Å². The van der Waals surface area contributed by atoms with Crippen LogP contribution in [-0.4, -0.2) is 18.3 Å².